The zero-order valence-electron chi connectivity index (χ0n) is 15.1. The van der Waals surface area contributed by atoms with Crippen molar-refractivity contribution in [2.45, 2.75) is 37.8 Å². The average Bonchev–Trinajstić information content (AvgIpc) is 3.44. The summed E-state index contributed by atoms with van der Waals surface area (Å²) in [5, 5.41) is 6.22. The molecule has 1 aliphatic carbocycles. The highest BCUT2D eigenvalue weighted by molar-refractivity contribution is 5.93. The molecule has 26 heavy (non-hydrogen) atoms. The predicted octanol–water partition coefficient (Wildman–Crippen LogP) is 4.80. The highest BCUT2D eigenvalue weighted by Gasteiger charge is 2.24. The molecule has 3 aromatic rings. The van der Waals surface area contributed by atoms with Crippen LogP contribution in [0, 0.1) is 0 Å². The first-order valence-electron chi connectivity index (χ1n) is 9.76. The molecule has 2 aliphatic rings. The van der Waals surface area contributed by atoms with Crippen LogP contribution in [0.5, 0.6) is 0 Å². The van der Waals surface area contributed by atoms with Crippen LogP contribution in [-0.4, -0.2) is 29.0 Å². The third-order valence-electron chi connectivity index (χ3n) is 5.75. The number of fused-ring (bicyclic) bond motifs is 1. The monoisotopic (exact) mass is 343 g/mol. The Morgan fingerprint density at radius 1 is 1.00 bits per heavy atom. The summed E-state index contributed by atoms with van der Waals surface area (Å²) in [6, 6.07) is 18.4. The van der Waals surface area contributed by atoms with Gasteiger partial charge < -0.3 is 5.32 Å². The van der Waals surface area contributed by atoms with E-state index in [1.807, 2.05) is 12.4 Å². The Balaban J connectivity index is 1.22. The average molecular weight is 343 g/mol. The van der Waals surface area contributed by atoms with E-state index in [4.69, 9.17) is 0 Å². The number of pyridine rings is 1. The molecule has 1 atom stereocenters. The SMILES string of the molecule is c1cc(NC2CCN(Cc3ccc(C4CC4)cc3)C2)c2ccncc2c1. The van der Waals surface area contributed by atoms with Gasteiger partial charge in [-0.1, -0.05) is 36.4 Å². The second-order valence-corrected chi connectivity index (χ2v) is 7.78. The first-order chi connectivity index (χ1) is 12.8. The molecule has 1 aromatic heterocycles. The van der Waals surface area contributed by atoms with Crippen molar-refractivity contribution in [3.8, 4) is 0 Å². The van der Waals surface area contributed by atoms with Gasteiger partial charge in [0.15, 0.2) is 0 Å². The maximum Gasteiger partial charge on any atom is 0.0423 e. The molecule has 5 rings (SSSR count). The van der Waals surface area contributed by atoms with Crippen molar-refractivity contribution in [2.75, 3.05) is 18.4 Å². The highest BCUT2D eigenvalue weighted by atomic mass is 15.2. The number of nitrogens with zero attached hydrogens (tertiary/aromatic N) is 2. The van der Waals surface area contributed by atoms with Gasteiger partial charge in [0.2, 0.25) is 0 Å². The largest absolute Gasteiger partial charge is 0.380 e. The van der Waals surface area contributed by atoms with E-state index >= 15 is 0 Å². The summed E-state index contributed by atoms with van der Waals surface area (Å²) in [4.78, 5) is 6.80. The summed E-state index contributed by atoms with van der Waals surface area (Å²) in [6.07, 6.45) is 7.76. The lowest BCUT2D eigenvalue weighted by molar-refractivity contribution is 0.328. The van der Waals surface area contributed by atoms with Gasteiger partial charge in [0.25, 0.3) is 0 Å². The van der Waals surface area contributed by atoms with Gasteiger partial charge in [-0.3, -0.25) is 9.88 Å². The van der Waals surface area contributed by atoms with Gasteiger partial charge in [0.05, 0.1) is 0 Å². The fourth-order valence-corrected chi connectivity index (χ4v) is 4.13. The van der Waals surface area contributed by atoms with Crippen LogP contribution < -0.4 is 5.32 Å². The van der Waals surface area contributed by atoms with Crippen LogP contribution in [0.25, 0.3) is 10.8 Å². The fraction of sp³-hybridized carbons (Fsp3) is 0.348. The third-order valence-corrected chi connectivity index (χ3v) is 5.75. The molecule has 0 radical (unpaired) electrons. The van der Waals surface area contributed by atoms with E-state index in [0.29, 0.717) is 6.04 Å². The molecule has 1 saturated carbocycles. The number of aromatic nitrogens is 1. The van der Waals surface area contributed by atoms with Gasteiger partial charge >= 0.3 is 0 Å². The van der Waals surface area contributed by atoms with Crippen LogP contribution in [0.4, 0.5) is 5.69 Å². The van der Waals surface area contributed by atoms with E-state index in [1.54, 1.807) is 0 Å². The van der Waals surface area contributed by atoms with Gasteiger partial charge in [-0.05, 0) is 48.4 Å². The lowest BCUT2D eigenvalue weighted by Crippen LogP contribution is -2.26. The molecule has 3 nitrogen and oxygen atoms in total. The maximum absolute atomic E-state index is 4.23. The summed E-state index contributed by atoms with van der Waals surface area (Å²) < 4.78 is 0. The molecular weight excluding hydrogens is 318 g/mol. The summed E-state index contributed by atoms with van der Waals surface area (Å²) >= 11 is 0. The van der Waals surface area contributed by atoms with Crippen molar-refractivity contribution < 1.29 is 0 Å². The Bertz CT molecular complexity index is 893. The van der Waals surface area contributed by atoms with Gasteiger partial charge in [0.1, 0.15) is 0 Å². The Morgan fingerprint density at radius 3 is 2.73 bits per heavy atom. The zero-order valence-corrected chi connectivity index (χ0v) is 15.1. The van der Waals surface area contributed by atoms with Crippen molar-refractivity contribution in [3.05, 3.63) is 72.1 Å². The lowest BCUT2D eigenvalue weighted by Gasteiger charge is -2.18. The molecule has 132 valence electrons. The van der Waals surface area contributed by atoms with Crippen LogP contribution in [0.2, 0.25) is 0 Å². The Kier molecular flexibility index (Phi) is 4.10. The fourth-order valence-electron chi connectivity index (χ4n) is 4.13. The molecule has 0 amide bonds. The second-order valence-electron chi connectivity index (χ2n) is 7.78. The molecule has 1 N–H and O–H groups in total. The van der Waals surface area contributed by atoms with E-state index in [2.05, 4.69) is 63.7 Å². The number of rotatable bonds is 5. The molecule has 1 unspecified atom stereocenters. The zero-order chi connectivity index (χ0) is 17.3. The minimum absolute atomic E-state index is 0.513. The maximum atomic E-state index is 4.23. The standard InChI is InChI=1S/C23H25N3/c1-2-20-14-24-12-10-22(20)23(3-1)25-21-11-13-26(16-21)15-17-4-6-18(7-5-17)19-8-9-19/h1-7,10,12,14,19,21,25H,8-9,11,13,15-16H2. The van der Waals surface area contributed by atoms with Gasteiger partial charge in [-0.15, -0.1) is 0 Å². The number of hydrogen-bond donors (Lipinski definition) is 1. The van der Waals surface area contributed by atoms with Crippen LogP contribution in [0.1, 0.15) is 36.3 Å². The Hall–Kier alpha value is -2.39. The molecule has 2 aromatic carbocycles. The first-order valence-corrected chi connectivity index (χ1v) is 9.76. The summed E-state index contributed by atoms with van der Waals surface area (Å²) in [5.41, 5.74) is 4.19. The number of nitrogens with one attached hydrogen (secondary N) is 1. The number of likely N-dealkylation sites (tertiary alicyclic amines) is 1. The van der Waals surface area contributed by atoms with Crippen molar-refractivity contribution >= 4 is 16.5 Å². The molecule has 0 bridgehead atoms. The summed E-state index contributed by atoms with van der Waals surface area (Å²) in [7, 11) is 0. The number of benzene rings is 2. The van der Waals surface area contributed by atoms with Crippen molar-refractivity contribution in [2.24, 2.45) is 0 Å². The quantitative estimate of drug-likeness (QED) is 0.721. The van der Waals surface area contributed by atoms with E-state index < -0.39 is 0 Å². The van der Waals surface area contributed by atoms with Crippen LogP contribution in [-0.2, 0) is 6.54 Å². The molecule has 2 fully saturated rings. The normalized spacial score (nSPS) is 20.5. The topological polar surface area (TPSA) is 28.2 Å². The molecule has 3 heteroatoms. The van der Waals surface area contributed by atoms with Gasteiger partial charge in [0, 0.05) is 54.5 Å². The van der Waals surface area contributed by atoms with E-state index in [1.165, 1.54) is 46.8 Å². The summed E-state index contributed by atoms with van der Waals surface area (Å²) in [6.45, 7) is 3.32. The first kappa shape index (κ1) is 15.8. The van der Waals surface area contributed by atoms with E-state index in [9.17, 15) is 0 Å². The van der Waals surface area contributed by atoms with Crippen LogP contribution >= 0.6 is 0 Å². The predicted molar refractivity (Wildman–Crippen MR) is 107 cm³/mol. The molecule has 2 heterocycles. The smallest absolute Gasteiger partial charge is 0.0423 e. The number of hydrogen-bond acceptors (Lipinski definition) is 3. The van der Waals surface area contributed by atoms with Gasteiger partial charge in [-0.2, -0.15) is 0 Å². The summed E-state index contributed by atoms with van der Waals surface area (Å²) in [5.74, 6) is 0.848. The van der Waals surface area contributed by atoms with E-state index in [-0.39, 0.29) is 0 Å². The molecule has 1 aliphatic heterocycles. The minimum atomic E-state index is 0.513. The van der Waals surface area contributed by atoms with Gasteiger partial charge in [-0.25, -0.2) is 0 Å². The minimum Gasteiger partial charge on any atom is -0.380 e. The van der Waals surface area contributed by atoms with E-state index in [0.717, 1.165) is 25.6 Å². The Morgan fingerprint density at radius 2 is 1.88 bits per heavy atom. The second kappa shape index (κ2) is 6.73. The van der Waals surface area contributed by atoms with Crippen molar-refractivity contribution in [1.29, 1.82) is 0 Å². The lowest BCUT2D eigenvalue weighted by atomic mass is 10.1. The van der Waals surface area contributed by atoms with Crippen LogP contribution in [0.15, 0.2) is 60.9 Å². The van der Waals surface area contributed by atoms with Crippen molar-refractivity contribution in [3.63, 3.8) is 0 Å². The third kappa shape index (κ3) is 3.32. The molecule has 1 saturated heterocycles. The van der Waals surface area contributed by atoms with Crippen LogP contribution in [0.3, 0.4) is 0 Å². The molecule has 0 spiro atoms. The number of anilines is 1. The highest BCUT2D eigenvalue weighted by Crippen LogP contribution is 2.40. The molecular formula is C23H25N3. The Labute approximate surface area is 155 Å². The van der Waals surface area contributed by atoms with Crippen molar-refractivity contribution in [1.82, 2.24) is 9.88 Å².